The lowest BCUT2D eigenvalue weighted by Gasteiger charge is -2.14. The molecule has 1 aliphatic rings. The first kappa shape index (κ1) is 23.6. The number of aromatic nitrogens is 4. The molecule has 0 spiro atoms. The molecule has 8 nitrogen and oxygen atoms in total. The van der Waals surface area contributed by atoms with E-state index in [1.54, 1.807) is 30.5 Å². The van der Waals surface area contributed by atoms with Crippen LogP contribution in [0, 0.1) is 24.7 Å². The van der Waals surface area contributed by atoms with Crippen LogP contribution >= 0.6 is 11.3 Å². The van der Waals surface area contributed by atoms with Gasteiger partial charge in [-0.25, -0.2) is 13.8 Å². The molecule has 11 heteroatoms. The Morgan fingerprint density at radius 2 is 2.08 bits per heavy atom. The van der Waals surface area contributed by atoms with Gasteiger partial charge in [0, 0.05) is 34.9 Å². The average molecular weight is 508 g/mol. The van der Waals surface area contributed by atoms with Crippen molar-refractivity contribution in [3.05, 3.63) is 58.7 Å². The van der Waals surface area contributed by atoms with Crippen molar-refractivity contribution >= 4 is 22.4 Å². The predicted octanol–water partition coefficient (Wildman–Crippen LogP) is 5.52. The smallest absolute Gasteiger partial charge is 0.280 e. The van der Waals surface area contributed by atoms with E-state index in [1.165, 1.54) is 30.7 Å². The number of rotatable bonds is 6. The fourth-order valence-electron chi connectivity index (χ4n) is 3.42. The maximum absolute atomic E-state index is 13.5. The van der Waals surface area contributed by atoms with E-state index in [2.05, 4.69) is 37.3 Å². The van der Waals surface area contributed by atoms with E-state index < -0.39 is 18.0 Å². The summed E-state index contributed by atoms with van der Waals surface area (Å²) in [4.78, 5) is 21.5. The SMILES string of the molecule is COc1cnc(C(F)F)cc1-c1cc(-c2nnc(C)o2)ccc1C(=O)Nc1nc(C#CC2CC2)cs1. The first-order valence-electron chi connectivity index (χ1n) is 11.0. The summed E-state index contributed by atoms with van der Waals surface area (Å²) >= 11 is 1.25. The lowest BCUT2D eigenvalue weighted by molar-refractivity contribution is 0.102. The summed E-state index contributed by atoms with van der Waals surface area (Å²) in [6.07, 6.45) is 0.607. The third-order valence-electron chi connectivity index (χ3n) is 5.37. The van der Waals surface area contributed by atoms with Gasteiger partial charge < -0.3 is 9.15 Å². The molecule has 0 bridgehead atoms. The molecule has 1 amide bonds. The van der Waals surface area contributed by atoms with Gasteiger partial charge in [-0.1, -0.05) is 5.92 Å². The van der Waals surface area contributed by atoms with E-state index in [1.807, 2.05) is 0 Å². The Hall–Kier alpha value is -4.17. The van der Waals surface area contributed by atoms with Crippen molar-refractivity contribution in [1.29, 1.82) is 0 Å². The normalized spacial score (nSPS) is 12.8. The molecular formula is C25H19F2N5O3S. The van der Waals surface area contributed by atoms with E-state index >= 15 is 0 Å². The van der Waals surface area contributed by atoms with E-state index in [0.717, 1.165) is 12.8 Å². The maximum Gasteiger partial charge on any atom is 0.280 e. The monoisotopic (exact) mass is 507 g/mol. The number of anilines is 1. The highest BCUT2D eigenvalue weighted by Crippen LogP contribution is 2.37. The number of carbonyl (C=O) groups excluding carboxylic acids is 1. The van der Waals surface area contributed by atoms with Crippen LogP contribution in [0.15, 0.2) is 40.3 Å². The summed E-state index contributed by atoms with van der Waals surface area (Å²) in [5.41, 5.74) is 1.44. The molecule has 5 rings (SSSR count). The van der Waals surface area contributed by atoms with Gasteiger partial charge in [0.1, 0.15) is 17.1 Å². The van der Waals surface area contributed by atoms with E-state index in [9.17, 15) is 13.6 Å². The molecule has 1 aliphatic carbocycles. The molecule has 3 aromatic heterocycles. The topological polar surface area (TPSA) is 103 Å². The summed E-state index contributed by atoms with van der Waals surface area (Å²) in [5, 5.41) is 12.8. The number of ether oxygens (including phenoxy) is 1. The van der Waals surface area contributed by atoms with Gasteiger partial charge in [-0.15, -0.1) is 21.5 Å². The number of halogens is 2. The van der Waals surface area contributed by atoms with Crippen LogP contribution in [0.3, 0.4) is 0 Å². The number of nitrogens with zero attached hydrogens (tertiary/aromatic N) is 4. The minimum atomic E-state index is -2.81. The number of carbonyl (C=O) groups is 1. The van der Waals surface area contributed by atoms with E-state index in [4.69, 9.17) is 9.15 Å². The Balaban J connectivity index is 1.55. The molecule has 0 aliphatic heterocycles. The summed E-state index contributed by atoms with van der Waals surface area (Å²) in [6.45, 7) is 1.65. The molecular weight excluding hydrogens is 488 g/mol. The zero-order valence-corrected chi connectivity index (χ0v) is 20.0. The Morgan fingerprint density at radius 1 is 1.25 bits per heavy atom. The number of thiazole rings is 1. The second kappa shape index (κ2) is 9.83. The fraction of sp³-hybridized carbons (Fsp3) is 0.240. The fourth-order valence-corrected chi connectivity index (χ4v) is 4.06. The highest BCUT2D eigenvalue weighted by atomic mass is 32.1. The molecule has 1 saturated carbocycles. The molecule has 1 fully saturated rings. The molecule has 1 aromatic carbocycles. The van der Waals surface area contributed by atoms with Gasteiger partial charge >= 0.3 is 0 Å². The highest BCUT2D eigenvalue weighted by molar-refractivity contribution is 7.14. The molecule has 182 valence electrons. The van der Waals surface area contributed by atoms with Crippen molar-refractivity contribution in [2.45, 2.75) is 26.2 Å². The number of aryl methyl sites for hydroxylation is 1. The van der Waals surface area contributed by atoms with Crippen molar-refractivity contribution in [1.82, 2.24) is 20.2 Å². The van der Waals surface area contributed by atoms with Crippen LogP contribution in [-0.2, 0) is 0 Å². The Kier molecular flexibility index (Phi) is 6.43. The predicted molar refractivity (Wildman–Crippen MR) is 129 cm³/mol. The third-order valence-corrected chi connectivity index (χ3v) is 6.12. The largest absolute Gasteiger partial charge is 0.494 e. The summed E-state index contributed by atoms with van der Waals surface area (Å²) < 4.78 is 37.8. The van der Waals surface area contributed by atoms with Gasteiger partial charge in [-0.3, -0.25) is 15.1 Å². The molecule has 0 atom stereocenters. The van der Waals surface area contributed by atoms with E-state index in [0.29, 0.717) is 33.8 Å². The summed E-state index contributed by atoms with van der Waals surface area (Å²) in [7, 11) is 1.40. The molecule has 1 N–H and O–H groups in total. The minimum Gasteiger partial charge on any atom is -0.494 e. The molecule has 4 aromatic rings. The van der Waals surface area contributed by atoms with Gasteiger partial charge in [0.05, 0.1) is 13.3 Å². The molecule has 0 saturated heterocycles. The van der Waals surface area contributed by atoms with Gasteiger partial charge in [0.25, 0.3) is 12.3 Å². The average Bonchev–Trinajstić information content (AvgIpc) is 3.44. The Labute approximate surface area is 208 Å². The minimum absolute atomic E-state index is 0.209. The second-order valence-corrected chi connectivity index (χ2v) is 8.89. The van der Waals surface area contributed by atoms with Crippen LogP contribution in [0.1, 0.15) is 46.9 Å². The highest BCUT2D eigenvalue weighted by Gasteiger charge is 2.22. The first-order valence-corrected chi connectivity index (χ1v) is 11.8. The maximum atomic E-state index is 13.5. The lowest BCUT2D eigenvalue weighted by Crippen LogP contribution is -2.13. The summed E-state index contributed by atoms with van der Waals surface area (Å²) in [6, 6.07) is 6.01. The first-order chi connectivity index (χ1) is 17.4. The van der Waals surface area contributed by atoms with Crippen molar-refractivity contribution in [2.24, 2.45) is 5.92 Å². The Morgan fingerprint density at radius 3 is 2.78 bits per heavy atom. The van der Waals surface area contributed by atoms with Crippen LogP contribution in [0.5, 0.6) is 5.75 Å². The number of amides is 1. The quantitative estimate of drug-likeness (QED) is 0.343. The third kappa shape index (κ3) is 5.08. The van der Waals surface area contributed by atoms with Gasteiger partial charge in [-0.2, -0.15) is 0 Å². The number of benzene rings is 1. The van der Waals surface area contributed by atoms with Gasteiger partial charge in [0.15, 0.2) is 5.13 Å². The van der Waals surface area contributed by atoms with Crippen LogP contribution in [0.2, 0.25) is 0 Å². The number of alkyl halides is 2. The molecule has 36 heavy (non-hydrogen) atoms. The van der Waals surface area contributed by atoms with Crippen LogP contribution in [0.4, 0.5) is 13.9 Å². The number of pyridine rings is 1. The van der Waals surface area contributed by atoms with E-state index in [-0.39, 0.29) is 22.8 Å². The number of hydrogen-bond donors (Lipinski definition) is 1. The molecule has 3 heterocycles. The van der Waals surface area contributed by atoms with Crippen molar-refractivity contribution in [3.63, 3.8) is 0 Å². The Bertz CT molecular complexity index is 1500. The summed E-state index contributed by atoms with van der Waals surface area (Å²) in [5.74, 6) is 6.91. The number of nitrogens with one attached hydrogen (secondary N) is 1. The van der Waals surface area contributed by atoms with Crippen LogP contribution in [-0.4, -0.2) is 33.2 Å². The van der Waals surface area contributed by atoms with Crippen LogP contribution < -0.4 is 10.1 Å². The zero-order valence-electron chi connectivity index (χ0n) is 19.2. The van der Waals surface area contributed by atoms with Crippen molar-refractivity contribution < 1.29 is 22.7 Å². The molecule has 0 radical (unpaired) electrons. The van der Waals surface area contributed by atoms with Crippen molar-refractivity contribution in [2.75, 3.05) is 12.4 Å². The second-order valence-electron chi connectivity index (χ2n) is 8.03. The van der Waals surface area contributed by atoms with Gasteiger partial charge in [-0.05, 0) is 48.6 Å². The molecule has 0 unspecified atom stereocenters. The van der Waals surface area contributed by atoms with Gasteiger partial charge in [0.2, 0.25) is 11.8 Å². The number of hydrogen-bond acceptors (Lipinski definition) is 8. The number of methoxy groups -OCH3 is 1. The van der Waals surface area contributed by atoms with Crippen molar-refractivity contribution in [3.8, 4) is 40.2 Å². The zero-order chi connectivity index (χ0) is 25.2. The lowest BCUT2D eigenvalue weighted by atomic mass is 9.96. The van der Waals surface area contributed by atoms with Crippen LogP contribution in [0.25, 0.3) is 22.6 Å². The standard InChI is InChI=1S/C25H19F2N5O3S/c1-13-31-32-24(35-13)15-6-8-17(18(9-15)19-10-20(22(26)27)28-11-21(19)34-2)23(33)30-25-29-16(12-36-25)7-5-14-3-4-14/h6,8-12,14,22H,3-4H2,1-2H3,(H,29,30,33).